The minimum absolute atomic E-state index is 0.104. The minimum Gasteiger partial charge on any atom is -0.480 e. The molecule has 1 aliphatic carbocycles. The highest BCUT2D eigenvalue weighted by Gasteiger charge is 2.29. The van der Waals surface area contributed by atoms with Gasteiger partial charge in [-0.25, -0.2) is 0 Å². The zero-order chi connectivity index (χ0) is 15.8. The Balaban J connectivity index is 2.52. The second kappa shape index (κ2) is 8.55. The zero-order valence-electron chi connectivity index (χ0n) is 11.5. The smallest absolute Gasteiger partial charge is 0.317 e. The summed E-state index contributed by atoms with van der Waals surface area (Å²) in [6.07, 6.45) is 1.81. The number of hydrogen-bond donors (Lipinski definition) is 6. The van der Waals surface area contributed by atoms with E-state index in [-0.39, 0.29) is 37.8 Å². The van der Waals surface area contributed by atoms with Crippen molar-refractivity contribution in [3.8, 4) is 0 Å². The molecule has 0 spiro atoms. The summed E-state index contributed by atoms with van der Waals surface area (Å²) >= 11 is 0. The largest absolute Gasteiger partial charge is 0.480 e. The van der Waals surface area contributed by atoms with Crippen molar-refractivity contribution in [1.29, 1.82) is 0 Å². The van der Waals surface area contributed by atoms with Crippen LogP contribution in [0.5, 0.6) is 0 Å². The third kappa shape index (κ3) is 7.59. The molecule has 0 atom stereocenters. The molecule has 0 amide bonds. The fourth-order valence-electron chi connectivity index (χ4n) is 2.51. The first kappa shape index (κ1) is 17.3. The molecule has 120 valence electrons. The van der Waals surface area contributed by atoms with E-state index in [9.17, 15) is 14.4 Å². The van der Waals surface area contributed by atoms with E-state index in [1.54, 1.807) is 0 Å². The SMILES string of the molecule is O=C(O)CNC1CC(NCC(=O)O)CC(NCC(=O)O)C1. The lowest BCUT2D eigenvalue weighted by atomic mass is 9.87. The Morgan fingerprint density at radius 1 is 0.667 bits per heavy atom. The Kier molecular flexibility index (Phi) is 7.06. The van der Waals surface area contributed by atoms with Crippen molar-refractivity contribution in [2.24, 2.45) is 0 Å². The van der Waals surface area contributed by atoms with Crippen molar-refractivity contribution in [2.75, 3.05) is 19.6 Å². The van der Waals surface area contributed by atoms with E-state index in [0.717, 1.165) is 0 Å². The van der Waals surface area contributed by atoms with E-state index in [1.807, 2.05) is 0 Å². The highest BCUT2D eigenvalue weighted by molar-refractivity contribution is 5.69. The number of carboxylic acid groups (broad SMARTS) is 3. The predicted octanol–water partition coefficient (Wildman–Crippen LogP) is -1.70. The van der Waals surface area contributed by atoms with Crippen LogP contribution in [-0.2, 0) is 14.4 Å². The lowest BCUT2D eigenvalue weighted by Gasteiger charge is -2.35. The standard InChI is InChI=1S/C12H21N3O6/c16-10(17)4-13-7-1-8(14-5-11(18)19)3-9(2-7)15-6-12(20)21/h7-9,13-15H,1-6H2,(H,16,17)(H,18,19)(H,20,21). The van der Waals surface area contributed by atoms with E-state index < -0.39 is 17.9 Å². The van der Waals surface area contributed by atoms with Gasteiger partial charge in [0.15, 0.2) is 0 Å². The molecule has 1 aliphatic rings. The van der Waals surface area contributed by atoms with E-state index in [2.05, 4.69) is 16.0 Å². The van der Waals surface area contributed by atoms with Crippen LogP contribution in [-0.4, -0.2) is 71.0 Å². The fourth-order valence-corrected chi connectivity index (χ4v) is 2.51. The van der Waals surface area contributed by atoms with Crippen LogP contribution in [0.1, 0.15) is 19.3 Å². The van der Waals surface area contributed by atoms with E-state index in [0.29, 0.717) is 19.3 Å². The van der Waals surface area contributed by atoms with Crippen LogP contribution < -0.4 is 16.0 Å². The second-order valence-corrected chi connectivity index (χ2v) is 5.12. The Bertz CT molecular complexity index is 326. The van der Waals surface area contributed by atoms with Crippen LogP contribution in [0.15, 0.2) is 0 Å². The van der Waals surface area contributed by atoms with Gasteiger partial charge in [-0.15, -0.1) is 0 Å². The van der Waals surface area contributed by atoms with Gasteiger partial charge in [-0.3, -0.25) is 14.4 Å². The average molecular weight is 303 g/mol. The molecule has 0 aromatic carbocycles. The first-order valence-corrected chi connectivity index (χ1v) is 6.72. The van der Waals surface area contributed by atoms with Gasteiger partial charge in [0.1, 0.15) is 0 Å². The van der Waals surface area contributed by atoms with Gasteiger partial charge in [0.2, 0.25) is 0 Å². The Hall–Kier alpha value is -1.71. The van der Waals surface area contributed by atoms with Gasteiger partial charge in [-0.1, -0.05) is 0 Å². The van der Waals surface area contributed by atoms with E-state index >= 15 is 0 Å². The molecule has 0 aromatic rings. The molecule has 0 unspecified atom stereocenters. The van der Waals surface area contributed by atoms with Crippen LogP contribution in [0.3, 0.4) is 0 Å². The number of carboxylic acids is 3. The summed E-state index contributed by atoms with van der Waals surface area (Å²) in [6.45, 7) is -0.536. The summed E-state index contributed by atoms with van der Waals surface area (Å²) in [5, 5.41) is 34.7. The summed E-state index contributed by atoms with van der Waals surface area (Å²) in [6, 6.07) is -0.313. The average Bonchev–Trinajstić information content (AvgIpc) is 2.40. The van der Waals surface area contributed by atoms with Crippen molar-refractivity contribution in [3.63, 3.8) is 0 Å². The summed E-state index contributed by atoms with van der Waals surface area (Å²) in [7, 11) is 0. The Morgan fingerprint density at radius 2 is 0.905 bits per heavy atom. The molecule has 9 nitrogen and oxygen atoms in total. The topological polar surface area (TPSA) is 148 Å². The first-order valence-electron chi connectivity index (χ1n) is 6.72. The molecule has 0 aromatic heterocycles. The van der Waals surface area contributed by atoms with Gasteiger partial charge in [0.25, 0.3) is 0 Å². The van der Waals surface area contributed by atoms with Crippen LogP contribution in [0.2, 0.25) is 0 Å². The van der Waals surface area contributed by atoms with Gasteiger partial charge in [-0.05, 0) is 19.3 Å². The van der Waals surface area contributed by atoms with Crippen molar-refractivity contribution in [1.82, 2.24) is 16.0 Å². The minimum atomic E-state index is -0.967. The van der Waals surface area contributed by atoms with Crippen molar-refractivity contribution >= 4 is 17.9 Å². The molecule has 0 aliphatic heterocycles. The molecular weight excluding hydrogens is 282 g/mol. The fraction of sp³-hybridized carbons (Fsp3) is 0.750. The van der Waals surface area contributed by atoms with E-state index in [1.165, 1.54) is 0 Å². The maximum absolute atomic E-state index is 10.6. The molecule has 0 radical (unpaired) electrons. The summed E-state index contributed by atoms with van der Waals surface area (Å²) in [5.41, 5.74) is 0. The second-order valence-electron chi connectivity index (χ2n) is 5.12. The molecule has 21 heavy (non-hydrogen) atoms. The van der Waals surface area contributed by atoms with Crippen LogP contribution in [0, 0.1) is 0 Å². The maximum Gasteiger partial charge on any atom is 0.317 e. The van der Waals surface area contributed by atoms with E-state index in [4.69, 9.17) is 15.3 Å². The highest BCUT2D eigenvalue weighted by atomic mass is 16.4. The van der Waals surface area contributed by atoms with Crippen LogP contribution >= 0.6 is 0 Å². The third-order valence-electron chi connectivity index (χ3n) is 3.33. The summed E-state index contributed by atoms with van der Waals surface area (Å²) in [4.78, 5) is 31.8. The van der Waals surface area contributed by atoms with Gasteiger partial charge in [-0.2, -0.15) is 0 Å². The molecule has 1 fully saturated rings. The van der Waals surface area contributed by atoms with Crippen molar-refractivity contribution in [3.05, 3.63) is 0 Å². The van der Waals surface area contributed by atoms with Gasteiger partial charge in [0, 0.05) is 18.1 Å². The quantitative estimate of drug-likeness (QED) is 0.293. The van der Waals surface area contributed by atoms with Gasteiger partial charge in [0.05, 0.1) is 19.6 Å². The summed E-state index contributed by atoms with van der Waals surface area (Å²) in [5.74, 6) is -2.90. The van der Waals surface area contributed by atoms with Crippen LogP contribution in [0.25, 0.3) is 0 Å². The van der Waals surface area contributed by atoms with Crippen molar-refractivity contribution in [2.45, 2.75) is 37.4 Å². The molecule has 0 heterocycles. The molecule has 1 rings (SSSR count). The normalized spacial score (nSPS) is 25.4. The monoisotopic (exact) mass is 303 g/mol. The predicted molar refractivity (Wildman–Crippen MR) is 72.1 cm³/mol. The zero-order valence-corrected chi connectivity index (χ0v) is 11.5. The molecule has 1 saturated carbocycles. The molecule has 9 heteroatoms. The first-order chi connectivity index (χ1) is 9.86. The summed E-state index contributed by atoms with van der Waals surface area (Å²) < 4.78 is 0. The molecule has 0 saturated heterocycles. The van der Waals surface area contributed by atoms with Gasteiger partial charge < -0.3 is 31.3 Å². The molecule has 6 N–H and O–H groups in total. The number of nitrogens with one attached hydrogen (secondary N) is 3. The Morgan fingerprint density at radius 3 is 1.10 bits per heavy atom. The number of hydrogen-bond acceptors (Lipinski definition) is 6. The lowest BCUT2D eigenvalue weighted by molar-refractivity contribution is -0.136. The third-order valence-corrected chi connectivity index (χ3v) is 3.33. The molecular formula is C12H21N3O6. The van der Waals surface area contributed by atoms with Crippen LogP contribution in [0.4, 0.5) is 0 Å². The van der Waals surface area contributed by atoms with Gasteiger partial charge >= 0.3 is 17.9 Å². The maximum atomic E-state index is 10.6. The number of carbonyl (C=O) groups is 3. The number of aliphatic carboxylic acids is 3. The highest BCUT2D eigenvalue weighted by Crippen LogP contribution is 2.19. The Labute approximate surface area is 121 Å². The van der Waals surface area contributed by atoms with Crippen molar-refractivity contribution < 1.29 is 29.7 Å². The number of rotatable bonds is 9. The lowest BCUT2D eigenvalue weighted by Crippen LogP contribution is -2.52. The molecule has 0 bridgehead atoms.